The molecule has 0 aliphatic carbocycles. The molecule has 0 saturated heterocycles. The van der Waals surface area contributed by atoms with Gasteiger partial charge in [0.1, 0.15) is 10.7 Å². The third-order valence-electron chi connectivity index (χ3n) is 3.81. The number of furan rings is 1. The average Bonchev–Trinajstić information content (AvgIpc) is 3.35. The van der Waals surface area contributed by atoms with E-state index in [0.29, 0.717) is 21.4 Å². The molecule has 2 aromatic carbocycles. The third kappa shape index (κ3) is 5.62. The lowest BCUT2D eigenvalue weighted by atomic mass is 10.2. The average molecular weight is 536 g/mol. The van der Waals surface area contributed by atoms with Gasteiger partial charge in [0.2, 0.25) is 5.89 Å². The van der Waals surface area contributed by atoms with Crippen LogP contribution < -0.4 is 0 Å². The van der Waals surface area contributed by atoms with Gasteiger partial charge in [-0.15, -0.1) is 10.2 Å². The van der Waals surface area contributed by atoms with Gasteiger partial charge in [-0.2, -0.15) is 0 Å². The van der Waals surface area contributed by atoms with Gasteiger partial charge < -0.3 is 13.9 Å². The number of rotatable bonds is 7. The Kier molecular flexibility index (Phi) is 6.86. The van der Waals surface area contributed by atoms with E-state index in [1.54, 1.807) is 30.3 Å². The van der Waals surface area contributed by atoms with Crippen LogP contribution >= 0.6 is 51.1 Å². The van der Waals surface area contributed by atoms with Gasteiger partial charge >= 0.3 is 5.97 Å². The van der Waals surface area contributed by atoms with E-state index < -0.39 is 5.97 Å². The fourth-order valence-corrected chi connectivity index (χ4v) is 4.55. The third-order valence-corrected chi connectivity index (χ3v) is 6.76. The molecule has 0 unspecified atom stereocenters. The van der Waals surface area contributed by atoms with Crippen molar-refractivity contribution in [2.24, 2.45) is 0 Å². The zero-order valence-electron chi connectivity index (χ0n) is 15.5. The van der Waals surface area contributed by atoms with Crippen LogP contribution in [0, 0.1) is 0 Å². The van der Waals surface area contributed by atoms with Crippen molar-refractivity contribution in [1.82, 2.24) is 10.2 Å². The van der Waals surface area contributed by atoms with Gasteiger partial charge in [0.05, 0.1) is 4.47 Å². The maximum atomic E-state index is 11.8. The first-order valence-electron chi connectivity index (χ1n) is 8.72. The summed E-state index contributed by atoms with van der Waals surface area (Å²) in [6.45, 7) is 0. The maximum absolute atomic E-state index is 11.8. The normalized spacial score (nSPS) is 11.6. The van der Waals surface area contributed by atoms with E-state index in [2.05, 4.69) is 26.1 Å². The SMILES string of the molecule is O=C(O)/C(=C/c1cc(Br)c(Sc2ccccc2)o1)Sc1nnc(-c2ccc(Cl)cc2)o1. The number of benzene rings is 2. The summed E-state index contributed by atoms with van der Waals surface area (Å²) in [6, 6.07) is 18.3. The van der Waals surface area contributed by atoms with Crippen molar-refractivity contribution in [1.29, 1.82) is 0 Å². The molecular formula is C21H12BrClN2O4S2. The first-order valence-corrected chi connectivity index (χ1v) is 11.5. The number of hydrogen-bond donors (Lipinski definition) is 1. The van der Waals surface area contributed by atoms with Gasteiger partial charge in [0.25, 0.3) is 5.22 Å². The van der Waals surface area contributed by atoms with Crippen LogP contribution in [0.4, 0.5) is 0 Å². The van der Waals surface area contributed by atoms with E-state index in [0.717, 1.165) is 21.1 Å². The highest BCUT2D eigenvalue weighted by molar-refractivity contribution is 9.10. The van der Waals surface area contributed by atoms with Crippen molar-refractivity contribution < 1.29 is 18.7 Å². The van der Waals surface area contributed by atoms with Gasteiger partial charge in [0.15, 0.2) is 5.09 Å². The highest BCUT2D eigenvalue weighted by Gasteiger charge is 2.18. The lowest BCUT2D eigenvalue weighted by Gasteiger charge is -1.98. The van der Waals surface area contributed by atoms with E-state index in [9.17, 15) is 9.90 Å². The summed E-state index contributed by atoms with van der Waals surface area (Å²) in [5.74, 6) is -0.486. The van der Waals surface area contributed by atoms with Crippen LogP contribution in [0.1, 0.15) is 5.76 Å². The van der Waals surface area contributed by atoms with Crippen LogP contribution in [-0.2, 0) is 4.79 Å². The first kappa shape index (κ1) is 21.8. The van der Waals surface area contributed by atoms with Crippen LogP contribution in [0.2, 0.25) is 5.02 Å². The molecule has 4 rings (SSSR count). The molecule has 2 heterocycles. The highest BCUT2D eigenvalue weighted by atomic mass is 79.9. The predicted octanol–water partition coefficient (Wildman–Crippen LogP) is 7.11. The second kappa shape index (κ2) is 9.78. The Labute approximate surface area is 198 Å². The molecule has 10 heteroatoms. The molecule has 0 aliphatic heterocycles. The quantitative estimate of drug-likeness (QED) is 0.198. The number of nitrogens with zero attached hydrogens (tertiary/aromatic N) is 2. The summed E-state index contributed by atoms with van der Waals surface area (Å²) in [7, 11) is 0. The molecule has 156 valence electrons. The van der Waals surface area contributed by atoms with Crippen LogP contribution in [-0.4, -0.2) is 21.3 Å². The van der Waals surface area contributed by atoms with Crippen LogP contribution in [0.5, 0.6) is 0 Å². The van der Waals surface area contributed by atoms with Crippen molar-refractivity contribution in [3.05, 3.63) is 80.8 Å². The Hall–Kier alpha value is -2.46. The minimum Gasteiger partial charge on any atom is -0.477 e. The van der Waals surface area contributed by atoms with E-state index in [4.69, 9.17) is 20.4 Å². The zero-order chi connectivity index (χ0) is 21.8. The second-order valence-electron chi connectivity index (χ2n) is 6.00. The van der Waals surface area contributed by atoms with E-state index >= 15 is 0 Å². The molecule has 0 amide bonds. The van der Waals surface area contributed by atoms with Crippen molar-refractivity contribution in [2.75, 3.05) is 0 Å². The summed E-state index contributed by atoms with van der Waals surface area (Å²) < 4.78 is 12.1. The van der Waals surface area contributed by atoms with Crippen molar-refractivity contribution in [3.8, 4) is 11.5 Å². The molecule has 6 nitrogen and oxygen atoms in total. The second-order valence-corrected chi connectivity index (χ2v) is 9.33. The van der Waals surface area contributed by atoms with Crippen LogP contribution in [0.25, 0.3) is 17.5 Å². The fourth-order valence-electron chi connectivity index (χ4n) is 2.42. The predicted molar refractivity (Wildman–Crippen MR) is 123 cm³/mol. The van der Waals surface area contributed by atoms with Gasteiger partial charge in [0, 0.05) is 21.6 Å². The molecule has 0 atom stereocenters. The Morgan fingerprint density at radius 2 is 1.81 bits per heavy atom. The zero-order valence-corrected chi connectivity index (χ0v) is 19.5. The Bertz CT molecular complexity index is 1240. The Morgan fingerprint density at radius 3 is 2.52 bits per heavy atom. The lowest BCUT2D eigenvalue weighted by molar-refractivity contribution is -0.131. The Balaban J connectivity index is 1.54. The lowest BCUT2D eigenvalue weighted by Crippen LogP contribution is -1.96. The molecule has 2 aromatic heterocycles. The fraction of sp³-hybridized carbons (Fsp3) is 0. The molecule has 0 aliphatic rings. The van der Waals surface area contributed by atoms with Crippen molar-refractivity contribution >= 4 is 63.1 Å². The van der Waals surface area contributed by atoms with E-state index in [-0.39, 0.29) is 16.0 Å². The van der Waals surface area contributed by atoms with Crippen molar-refractivity contribution in [2.45, 2.75) is 15.2 Å². The van der Waals surface area contributed by atoms with Crippen molar-refractivity contribution in [3.63, 3.8) is 0 Å². The summed E-state index contributed by atoms with van der Waals surface area (Å²) in [4.78, 5) is 12.7. The van der Waals surface area contributed by atoms with Gasteiger partial charge in [-0.1, -0.05) is 41.6 Å². The maximum Gasteiger partial charge on any atom is 0.342 e. The molecular weight excluding hydrogens is 524 g/mol. The molecule has 0 bridgehead atoms. The number of halogens is 2. The monoisotopic (exact) mass is 534 g/mol. The molecule has 1 N–H and O–H groups in total. The largest absolute Gasteiger partial charge is 0.477 e. The number of aromatic nitrogens is 2. The summed E-state index contributed by atoms with van der Waals surface area (Å²) >= 11 is 11.6. The van der Waals surface area contributed by atoms with Crippen LogP contribution in [0.15, 0.2) is 94.1 Å². The van der Waals surface area contributed by atoms with Gasteiger partial charge in [-0.25, -0.2) is 4.79 Å². The van der Waals surface area contributed by atoms with Crippen LogP contribution in [0.3, 0.4) is 0 Å². The highest BCUT2D eigenvalue weighted by Crippen LogP contribution is 2.37. The topological polar surface area (TPSA) is 89.4 Å². The molecule has 31 heavy (non-hydrogen) atoms. The summed E-state index contributed by atoms with van der Waals surface area (Å²) in [5.41, 5.74) is 0.683. The number of carbonyl (C=O) groups is 1. The van der Waals surface area contributed by atoms with E-state index in [1.165, 1.54) is 17.8 Å². The minimum atomic E-state index is -1.14. The number of carboxylic acids is 1. The minimum absolute atomic E-state index is 0.0242. The summed E-state index contributed by atoms with van der Waals surface area (Å²) in [5, 5.41) is 18.8. The van der Waals surface area contributed by atoms with Gasteiger partial charge in [-0.3, -0.25) is 0 Å². The van der Waals surface area contributed by atoms with Gasteiger partial charge in [-0.05, 0) is 70.2 Å². The number of hydrogen-bond acceptors (Lipinski definition) is 7. The molecule has 0 spiro atoms. The standard InChI is InChI=1S/C21H12BrClN2O4S2/c22-16-10-14(28-20(16)30-15-4-2-1-3-5-15)11-17(19(26)27)31-21-25-24-18(29-21)12-6-8-13(23)9-7-12/h1-11H,(H,26,27)/b17-11-. The number of carboxylic acid groups (broad SMARTS) is 1. The molecule has 0 fully saturated rings. The molecule has 0 saturated carbocycles. The number of aliphatic carboxylic acids is 1. The van der Waals surface area contributed by atoms with E-state index in [1.807, 2.05) is 30.3 Å². The molecule has 4 aromatic rings. The molecule has 0 radical (unpaired) electrons. The smallest absolute Gasteiger partial charge is 0.342 e. The summed E-state index contributed by atoms with van der Waals surface area (Å²) in [6.07, 6.45) is 1.42. The Morgan fingerprint density at radius 1 is 1.06 bits per heavy atom. The number of thioether (sulfide) groups is 1. The first-order chi connectivity index (χ1) is 15.0.